The maximum Gasteiger partial charge on any atom is 0.524 e. The van der Waals surface area contributed by atoms with Crippen molar-refractivity contribution in [2.24, 2.45) is 0 Å². The third-order valence-electron chi connectivity index (χ3n) is 5.65. The van der Waals surface area contributed by atoms with Crippen LogP contribution in [0.15, 0.2) is 39.5 Å². The number of aliphatic hydroxyl groups is 1. The number of hydrogen-bond donors (Lipinski definition) is 4. The van der Waals surface area contributed by atoms with Crippen LogP contribution in [0.2, 0.25) is 5.02 Å². The van der Waals surface area contributed by atoms with E-state index in [-0.39, 0.29) is 44.9 Å². The largest absolute Gasteiger partial charge is 0.524 e. The van der Waals surface area contributed by atoms with Gasteiger partial charge in [0.1, 0.15) is 36.1 Å². The Bertz CT molecular complexity index is 1320. The fraction of sp³-hybridized carbons (Fsp3) is 0.286. The molecule has 2 heterocycles. The zero-order valence-electron chi connectivity index (χ0n) is 17.4. The quantitative estimate of drug-likeness (QED) is 0.318. The van der Waals surface area contributed by atoms with Crippen LogP contribution >= 0.6 is 19.4 Å². The number of phenols is 1. The minimum absolute atomic E-state index is 0.00741. The molecule has 33 heavy (non-hydrogen) atoms. The van der Waals surface area contributed by atoms with E-state index in [2.05, 4.69) is 0 Å². The monoisotopic (exact) mass is 491 g/mol. The summed E-state index contributed by atoms with van der Waals surface area (Å²) in [4.78, 5) is 33.8. The average molecular weight is 492 g/mol. The van der Waals surface area contributed by atoms with Crippen molar-refractivity contribution in [3.05, 3.63) is 51.1 Å². The molecule has 1 aliphatic rings. The van der Waals surface area contributed by atoms with E-state index >= 15 is 0 Å². The molecule has 0 aliphatic carbocycles. The van der Waals surface area contributed by atoms with Crippen LogP contribution in [-0.2, 0) is 4.57 Å². The molecule has 3 aromatic rings. The van der Waals surface area contributed by atoms with Crippen molar-refractivity contribution in [3.8, 4) is 22.8 Å². The van der Waals surface area contributed by atoms with Crippen molar-refractivity contribution in [3.63, 3.8) is 0 Å². The van der Waals surface area contributed by atoms with Gasteiger partial charge >= 0.3 is 7.82 Å². The molecule has 12 heteroatoms. The van der Waals surface area contributed by atoms with E-state index < -0.39 is 36.8 Å². The van der Waals surface area contributed by atoms with Crippen molar-refractivity contribution in [2.45, 2.75) is 18.4 Å². The number of nitrogens with zero attached hydrogens (tertiary/aromatic N) is 1. The minimum atomic E-state index is -5.06. The Balaban J connectivity index is 2.07. The molecule has 1 aromatic heterocycles. The molecule has 4 rings (SSSR count). The first kappa shape index (κ1) is 23.8. The summed E-state index contributed by atoms with van der Waals surface area (Å²) in [6.07, 6.45) is -0.591. The zero-order chi connectivity index (χ0) is 24.1. The second kappa shape index (κ2) is 8.79. The van der Waals surface area contributed by atoms with Crippen molar-refractivity contribution in [1.82, 2.24) is 4.90 Å². The number of hydrogen-bond acceptors (Lipinski definition) is 7. The first-order chi connectivity index (χ1) is 15.5. The highest BCUT2D eigenvalue weighted by molar-refractivity contribution is 7.46. The topological polar surface area (TPSA) is 141 Å². The van der Waals surface area contributed by atoms with Gasteiger partial charge in [0.2, 0.25) is 0 Å². The normalized spacial score (nSPS) is 19.7. The van der Waals surface area contributed by atoms with Gasteiger partial charge in [0.05, 0.1) is 11.1 Å². The number of halogens is 1. The van der Waals surface area contributed by atoms with Crippen LogP contribution in [0.1, 0.15) is 17.9 Å². The third-order valence-corrected chi connectivity index (χ3v) is 6.40. The van der Waals surface area contributed by atoms with Crippen molar-refractivity contribution in [1.29, 1.82) is 0 Å². The van der Waals surface area contributed by atoms with Crippen molar-refractivity contribution in [2.75, 3.05) is 20.1 Å². The number of benzene rings is 2. The first-order valence-corrected chi connectivity index (χ1v) is 11.9. The summed E-state index contributed by atoms with van der Waals surface area (Å²) in [5.41, 5.74) is -0.258. The summed E-state index contributed by atoms with van der Waals surface area (Å²) < 4.78 is 22.5. The SMILES string of the molecule is [B]c1cccc(Cl)c1-c1cc(=O)c2c(O)cc(OP(=O)(O)O)c([C@H]3CCN(C)C[C@H]3O)c2o1. The second-order valence-electron chi connectivity index (χ2n) is 8.00. The van der Waals surface area contributed by atoms with Crippen LogP contribution < -0.4 is 15.4 Å². The number of phosphoric acid groups is 1. The van der Waals surface area contributed by atoms with Crippen LogP contribution in [0.4, 0.5) is 0 Å². The van der Waals surface area contributed by atoms with Crippen LogP contribution in [0.3, 0.4) is 0 Å². The fourth-order valence-electron chi connectivity index (χ4n) is 4.22. The molecule has 0 unspecified atom stereocenters. The predicted octanol–water partition coefficient (Wildman–Crippen LogP) is 1.86. The molecular weight excluding hydrogens is 471 g/mol. The molecule has 172 valence electrons. The number of rotatable bonds is 4. The number of aromatic hydroxyl groups is 1. The summed E-state index contributed by atoms with van der Waals surface area (Å²) in [5, 5.41) is 21.3. The van der Waals surface area contributed by atoms with Gasteiger partial charge in [-0.25, -0.2) is 4.57 Å². The van der Waals surface area contributed by atoms with Gasteiger partial charge in [-0.05, 0) is 26.1 Å². The number of fused-ring (bicyclic) bond motifs is 1. The summed E-state index contributed by atoms with van der Waals surface area (Å²) in [6, 6.07) is 6.82. The molecule has 0 saturated carbocycles. The Labute approximate surface area is 194 Å². The number of phosphoric ester groups is 1. The van der Waals surface area contributed by atoms with Gasteiger partial charge in [0.25, 0.3) is 0 Å². The number of phenolic OH excluding ortho intramolecular Hbond substituents is 1. The zero-order valence-corrected chi connectivity index (χ0v) is 19.1. The lowest BCUT2D eigenvalue weighted by Crippen LogP contribution is -2.40. The van der Waals surface area contributed by atoms with Gasteiger partial charge in [0, 0.05) is 35.7 Å². The van der Waals surface area contributed by atoms with Crippen LogP contribution in [0.25, 0.3) is 22.3 Å². The lowest BCUT2D eigenvalue weighted by molar-refractivity contribution is 0.0632. The Hall–Kier alpha value is -2.33. The molecule has 1 fully saturated rings. The fourth-order valence-corrected chi connectivity index (χ4v) is 4.90. The highest BCUT2D eigenvalue weighted by Gasteiger charge is 2.35. The number of likely N-dealkylation sites (tertiary alicyclic amines) is 1. The van der Waals surface area contributed by atoms with E-state index in [9.17, 15) is 29.4 Å². The van der Waals surface area contributed by atoms with Gasteiger partial charge in [-0.3, -0.25) is 14.6 Å². The maximum atomic E-state index is 13.0. The minimum Gasteiger partial charge on any atom is -0.507 e. The van der Waals surface area contributed by atoms with Crippen LogP contribution in [0, 0.1) is 0 Å². The molecule has 0 amide bonds. The molecule has 2 atom stereocenters. The summed E-state index contributed by atoms with van der Waals surface area (Å²) >= 11 is 6.28. The van der Waals surface area contributed by atoms with E-state index in [1.807, 2.05) is 11.9 Å². The average Bonchev–Trinajstić information content (AvgIpc) is 2.67. The molecule has 2 aromatic carbocycles. The maximum absolute atomic E-state index is 13.0. The summed E-state index contributed by atoms with van der Waals surface area (Å²) in [7, 11) is 2.80. The second-order valence-corrected chi connectivity index (χ2v) is 9.57. The summed E-state index contributed by atoms with van der Waals surface area (Å²) in [5.74, 6) is -1.69. The van der Waals surface area contributed by atoms with Crippen molar-refractivity contribution < 1.29 is 33.5 Å². The Morgan fingerprint density at radius 2 is 2.03 bits per heavy atom. The molecule has 0 bridgehead atoms. The molecule has 1 saturated heterocycles. The highest BCUT2D eigenvalue weighted by atomic mass is 35.5. The lowest BCUT2D eigenvalue weighted by atomic mass is 9.85. The van der Waals surface area contributed by atoms with Gasteiger partial charge in [-0.2, -0.15) is 0 Å². The van der Waals surface area contributed by atoms with E-state index in [1.165, 1.54) is 0 Å². The van der Waals surface area contributed by atoms with Gasteiger partial charge in [-0.15, -0.1) is 0 Å². The molecule has 4 N–H and O–H groups in total. The van der Waals surface area contributed by atoms with E-state index in [0.717, 1.165) is 12.1 Å². The van der Waals surface area contributed by atoms with Gasteiger partial charge in [0.15, 0.2) is 5.43 Å². The van der Waals surface area contributed by atoms with Crippen LogP contribution in [-0.4, -0.2) is 59.0 Å². The number of aliphatic hydroxyl groups excluding tert-OH is 1. The first-order valence-electron chi connectivity index (χ1n) is 9.96. The smallest absolute Gasteiger partial charge is 0.507 e. The van der Waals surface area contributed by atoms with Crippen molar-refractivity contribution >= 4 is 43.7 Å². The predicted molar refractivity (Wildman–Crippen MR) is 124 cm³/mol. The summed E-state index contributed by atoms with van der Waals surface area (Å²) in [6.45, 7) is 0.824. The van der Waals surface area contributed by atoms with E-state index in [1.54, 1.807) is 18.2 Å². The van der Waals surface area contributed by atoms with Gasteiger partial charge in [-0.1, -0.05) is 29.2 Å². The van der Waals surface area contributed by atoms with Gasteiger partial charge < -0.3 is 24.1 Å². The molecule has 1 aliphatic heterocycles. The number of piperidine rings is 1. The van der Waals surface area contributed by atoms with Crippen LogP contribution in [0.5, 0.6) is 11.5 Å². The Kier molecular flexibility index (Phi) is 6.35. The Morgan fingerprint density at radius 3 is 2.67 bits per heavy atom. The highest BCUT2D eigenvalue weighted by Crippen LogP contribution is 2.48. The number of likely N-dealkylation sites (N-methyl/N-ethyl adjacent to an activating group) is 1. The molecule has 9 nitrogen and oxygen atoms in total. The molecular formula is C21H20BClNO8P. The Morgan fingerprint density at radius 1 is 1.30 bits per heavy atom. The van der Waals surface area contributed by atoms with E-state index in [4.69, 9.17) is 28.4 Å². The van der Waals surface area contributed by atoms with E-state index in [0.29, 0.717) is 13.0 Å². The third kappa shape index (κ3) is 4.68. The molecule has 2 radical (unpaired) electrons. The molecule has 0 spiro atoms. The number of β-amino-alcohol motifs (C(OH)–C–C–N with tert-alkyl or cyclic N) is 1. The standard InChI is InChI=1S/C21H20BClNO8P/c1-24-6-5-10(15(27)9-24)18-17(32-33(28,29)30)8-14(26)20-13(25)7-16(31-21(18)20)19-11(22)3-2-4-12(19)23/h2-4,7-8,10,15,26-27H,5-6,9H2,1H3,(H2,28,29,30)/t10-,15+/m0/s1. The lowest BCUT2D eigenvalue weighted by Gasteiger charge is -2.34.